The molecule has 6 heteroatoms. The zero-order valence-electron chi connectivity index (χ0n) is 11.0. The minimum atomic E-state index is -3.67. The molecule has 20 heavy (non-hydrogen) atoms. The fourth-order valence-electron chi connectivity index (χ4n) is 2.24. The van der Waals surface area contributed by atoms with Crippen LogP contribution >= 0.6 is 0 Å². The maximum absolute atomic E-state index is 13.8. The highest BCUT2D eigenvalue weighted by atomic mass is 32.2. The number of benzene rings is 1. The number of halogens is 1. The third kappa shape index (κ3) is 3.57. The highest BCUT2D eigenvalue weighted by Gasteiger charge is 2.23. The van der Waals surface area contributed by atoms with Gasteiger partial charge in [0.25, 0.3) is 0 Å². The maximum Gasteiger partial charge on any atom is 0.240 e. The molecule has 4 nitrogen and oxygen atoms in total. The predicted octanol–water partition coefficient (Wildman–Crippen LogP) is 1.36. The normalized spacial score (nSPS) is 15.9. The second kappa shape index (κ2) is 6.35. The number of hydrogen-bond acceptors (Lipinski definition) is 3. The molecule has 0 aromatic heterocycles. The fraction of sp³-hybridized carbons (Fsp3) is 0.429. The molecule has 0 amide bonds. The van der Waals surface area contributed by atoms with Gasteiger partial charge in [0.05, 0.1) is 17.0 Å². The zero-order valence-corrected chi connectivity index (χ0v) is 11.8. The Kier molecular flexibility index (Phi) is 4.76. The van der Waals surface area contributed by atoms with Crippen molar-refractivity contribution >= 4 is 10.0 Å². The lowest BCUT2D eigenvalue weighted by Gasteiger charge is -2.12. The largest absolute Gasteiger partial charge is 0.320 e. The van der Waals surface area contributed by atoms with Crippen LogP contribution in [0.2, 0.25) is 0 Å². The van der Waals surface area contributed by atoms with Crippen molar-refractivity contribution in [3.8, 4) is 11.8 Å². The lowest BCUT2D eigenvalue weighted by molar-refractivity contribution is 0.550. The molecule has 2 rings (SSSR count). The van der Waals surface area contributed by atoms with Crippen molar-refractivity contribution in [3.63, 3.8) is 0 Å². The molecular weight excluding hydrogens is 279 g/mol. The van der Waals surface area contributed by atoms with E-state index >= 15 is 0 Å². The molecule has 0 unspecified atom stereocenters. The van der Waals surface area contributed by atoms with Crippen LogP contribution in [0, 0.1) is 17.7 Å². The minimum Gasteiger partial charge on any atom is -0.320 e. The summed E-state index contributed by atoms with van der Waals surface area (Å²) in [5.41, 5.74) is 5.36. The molecule has 0 heterocycles. The molecule has 108 valence electrons. The van der Waals surface area contributed by atoms with Gasteiger partial charge in [-0.15, -0.1) is 0 Å². The molecule has 1 aromatic rings. The van der Waals surface area contributed by atoms with Crippen molar-refractivity contribution in [2.24, 2.45) is 5.73 Å². The van der Waals surface area contributed by atoms with E-state index in [2.05, 4.69) is 16.6 Å². The summed E-state index contributed by atoms with van der Waals surface area (Å²) in [6.45, 7) is 0.128. The summed E-state index contributed by atoms with van der Waals surface area (Å²) in [5, 5.41) is 0. The first-order valence-corrected chi connectivity index (χ1v) is 8.02. The van der Waals surface area contributed by atoms with Gasteiger partial charge in [0, 0.05) is 6.04 Å². The van der Waals surface area contributed by atoms with E-state index in [1.54, 1.807) is 0 Å². The van der Waals surface area contributed by atoms with Crippen LogP contribution < -0.4 is 10.5 Å². The second-order valence-electron chi connectivity index (χ2n) is 4.75. The van der Waals surface area contributed by atoms with Gasteiger partial charge < -0.3 is 5.73 Å². The van der Waals surface area contributed by atoms with E-state index in [0.29, 0.717) is 0 Å². The third-order valence-corrected chi connectivity index (χ3v) is 4.77. The van der Waals surface area contributed by atoms with Gasteiger partial charge in [-0.2, -0.15) is 0 Å². The molecule has 0 atom stereocenters. The molecule has 0 radical (unpaired) electrons. The third-order valence-electron chi connectivity index (χ3n) is 3.25. The number of nitrogens with one attached hydrogen (secondary N) is 1. The van der Waals surface area contributed by atoms with E-state index in [4.69, 9.17) is 5.73 Å². The summed E-state index contributed by atoms with van der Waals surface area (Å²) in [5.74, 6) is 4.44. The van der Waals surface area contributed by atoms with Crippen molar-refractivity contribution in [1.82, 2.24) is 4.72 Å². The van der Waals surface area contributed by atoms with E-state index in [1.807, 2.05) is 0 Å². The van der Waals surface area contributed by atoms with Crippen LogP contribution in [0.5, 0.6) is 0 Å². The molecule has 0 bridgehead atoms. The minimum absolute atomic E-state index is 0.0419. The summed E-state index contributed by atoms with van der Waals surface area (Å²) in [4.78, 5) is -0.0693. The van der Waals surface area contributed by atoms with Crippen molar-refractivity contribution in [1.29, 1.82) is 0 Å². The molecule has 0 spiro atoms. The number of nitrogens with two attached hydrogens (primary N) is 1. The van der Waals surface area contributed by atoms with Crippen LogP contribution in [0.15, 0.2) is 23.1 Å². The molecule has 0 aliphatic heterocycles. The molecule has 1 aromatic carbocycles. The Labute approximate surface area is 118 Å². The Morgan fingerprint density at radius 1 is 1.35 bits per heavy atom. The topological polar surface area (TPSA) is 72.2 Å². The average molecular weight is 296 g/mol. The summed E-state index contributed by atoms with van der Waals surface area (Å²) < 4.78 is 40.7. The molecule has 1 fully saturated rings. The van der Waals surface area contributed by atoms with Crippen molar-refractivity contribution in [2.75, 3.05) is 6.54 Å². The maximum atomic E-state index is 13.8. The lowest BCUT2D eigenvalue weighted by Crippen LogP contribution is -2.32. The second-order valence-corrected chi connectivity index (χ2v) is 6.46. The average Bonchev–Trinajstić information content (AvgIpc) is 2.89. The van der Waals surface area contributed by atoms with E-state index in [9.17, 15) is 12.8 Å². The van der Waals surface area contributed by atoms with Gasteiger partial charge in [-0.3, -0.25) is 0 Å². The van der Waals surface area contributed by atoms with Crippen molar-refractivity contribution < 1.29 is 12.8 Å². The Morgan fingerprint density at radius 2 is 2.05 bits per heavy atom. The van der Waals surface area contributed by atoms with Gasteiger partial charge in [0.15, 0.2) is 0 Å². The van der Waals surface area contributed by atoms with Gasteiger partial charge in [0.1, 0.15) is 5.82 Å². The summed E-state index contributed by atoms with van der Waals surface area (Å²) in [6.07, 6.45) is 3.72. The number of hydrogen-bond donors (Lipinski definition) is 2. The molecule has 0 saturated heterocycles. The zero-order chi connectivity index (χ0) is 14.6. The van der Waals surface area contributed by atoms with Crippen molar-refractivity contribution in [3.05, 3.63) is 29.6 Å². The number of sulfonamides is 1. The summed E-state index contributed by atoms with van der Waals surface area (Å²) in [7, 11) is -3.67. The van der Waals surface area contributed by atoms with Gasteiger partial charge in [-0.1, -0.05) is 24.7 Å². The van der Waals surface area contributed by atoms with Gasteiger partial charge in [-0.25, -0.2) is 17.5 Å². The summed E-state index contributed by atoms with van der Waals surface area (Å²) >= 11 is 0. The standard InChI is InChI=1S/C14H17FN2O2S/c15-14-10-13(8-7-11(14)4-3-9-16)20(18,19)17-12-5-1-2-6-12/h7-8,10,12,17H,1-2,5-6,9,16H2. The van der Waals surface area contributed by atoms with Crippen LogP contribution in [0.4, 0.5) is 4.39 Å². The van der Waals surface area contributed by atoms with Crippen LogP contribution in [-0.2, 0) is 10.0 Å². The Bertz CT molecular complexity index is 641. The van der Waals surface area contributed by atoms with Crippen LogP contribution in [0.25, 0.3) is 0 Å². The van der Waals surface area contributed by atoms with E-state index in [0.717, 1.165) is 31.7 Å². The smallest absolute Gasteiger partial charge is 0.240 e. The predicted molar refractivity (Wildman–Crippen MR) is 74.9 cm³/mol. The lowest BCUT2D eigenvalue weighted by atomic mass is 10.2. The molecule has 1 aliphatic rings. The first-order valence-electron chi connectivity index (χ1n) is 6.54. The summed E-state index contributed by atoms with van der Waals surface area (Å²) in [6, 6.07) is 3.68. The van der Waals surface area contributed by atoms with E-state index in [-0.39, 0.29) is 23.0 Å². The quantitative estimate of drug-likeness (QED) is 0.827. The van der Waals surface area contributed by atoms with Gasteiger partial charge in [-0.05, 0) is 31.0 Å². The van der Waals surface area contributed by atoms with Crippen LogP contribution in [-0.4, -0.2) is 21.0 Å². The molecule has 3 N–H and O–H groups in total. The highest BCUT2D eigenvalue weighted by molar-refractivity contribution is 7.89. The van der Waals surface area contributed by atoms with Gasteiger partial charge in [0.2, 0.25) is 10.0 Å². The molecule has 1 aliphatic carbocycles. The molecule has 1 saturated carbocycles. The first kappa shape index (κ1) is 15.0. The van der Waals surface area contributed by atoms with Crippen LogP contribution in [0.1, 0.15) is 31.2 Å². The Morgan fingerprint density at radius 3 is 2.65 bits per heavy atom. The van der Waals surface area contributed by atoms with Crippen LogP contribution in [0.3, 0.4) is 0 Å². The monoisotopic (exact) mass is 296 g/mol. The molecular formula is C14H17FN2O2S. The van der Waals surface area contributed by atoms with E-state index in [1.165, 1.54) is 12.1 Å². The van der Waals surface area contributed by atoms with Crippen molar-refractivity contribution in [2.45, 2.75) is 36.6 Å². The first-order chi connectivity index (χ1) is 9.53. The van der Waals surface area contributed by atoms with Gasteiger partial charge >= 0.3 is 0 Å². The van der Waals surface area contributed by atoms with E-state index < -0.39 is 15.8 Å². The SMILES string of the molecule is NCC#Cc1ccc(S(=O)(=O)NC2CCCC2)cc1F. The number of rotatable bonds is 3. The fourth-order valence-corrected chi connectivity index (χ4v) is 3.56. The highest BCUT2D eigenvalue weighted by Crippen LogP contribution is 2.21. The Balaban J connectivity index is 2.21. The Hall–Kier alpha value is -1.42.